The summed E-state index contributed by atoms with van der Waals surface area (Å²) < 4.78 is 14.0. The van der Waals surface area contributed by atoms with Gasteiger partial charge in [0.05, 0.1) is 4.47 Å². The van der Waals surface area contributed by atoms with Crippen LogP contribution in [0.15, 0.2) is 16.6 Å². The predicted octanol–water partition coefficient (Wildman–Crippen LogP) is 6.30. The van der Waals surface area contributed by atoms with Crippen molar-refractivity contribution in [3.8, 4) is 0 Å². The molecule has 1 aromatic rings. The lowest BCUT2D eigenvalue weighted by Crippen LogP contribution is -2.32. The first kappa shape index (κ1) is 16.8. The summed E-state index contributed by atoms with van der Waals surface area (Å²) in [5.74, 6) is 0.646. The van der Waals surface area contributed by atoms with Crippen LogP contribution in [0.3, 0.4) is 0 Å². The average Bonchev–Trinajstić information content (AvgIpc) is 2.45. The highest BCUT2D eigenvalue weighted by atomic mass is 79.9. The van der Waals surface area contributed by atoms with Crippen molar-refractivity contribution in [2.24, 2.45) is 11.3 Å². The van der Waals surface area contributed by atoms with E-state index in [2.05, 4.69) is 42.0 Å². The van der Waals surface area contributed by atoms with E-state index in [-0.39, 0.29) is 5.82 Å². The molecule has 1 N–H and O–H groups in total. The molecule has 3 heteroatoms. The van der Waals surface area contributed by atoms with Crippen molar-refractivity contribution >= 4 is 21.6 Å². The molecule has 1 saturated carbocycles. The fourth-order valence-corrected chi connectivity index (χ4v) is 3.67. The fraction of sp³-hybridized carbons (Fsp3) is 0.667. The fourth-order valence-electron chi connectivity index (χ4n) is 3.33. The molecule has 2 rings (SSSR count). The van der Waals surface area contributed by atoms with E-state index in [0.717, 1.165) is 17.2 Å². The van der Waals surface area contributed by atoms with Crippen molar-refractivity contribution in [2.45, 2.75) is 65.8 Å². The number of hydrogen-bond acceptors (Lipinski definition) is 1. The topological polar surface area (TPSA) is 12.0 Å². The molecule has 118 valence electrons. The molecule has 0 bridgehead atoms. The summed E-state index contributed by atoms with van der Waals surface area (Å²) in [5.41, 5.74) is 2.49. The third-order valence-electron chi connectivity index (χ3n) is 5.37. The van der Waals surface area contributed by atoms with Crippen LogP contribution in [-0.2, 0) is 0 Å². The van der Waals surface area contributed by atoms with Crippen LogP contribution in [0.4, 0.5) is 10.1 Å². The lowest BCUT2D eigenvalue weighted by atomic mass is 9.69. The van der Waals surface area contributed by atoms with E-state index in [1.54, 1.807) is 6.07 Å². The van der Waals surface area contributed by atoms with Gasteiger partial charge in [-0.3, -0.25) is 0 Å². The Morgan fingerprint density at radius 3 is 2.43 bits per heavy atom. The Labute approximate surface area is 136 Å². The van der Waals surface area contributed by atoms with Gasteiger partial charge >= 0.3 is 0 Å². The molecule has 0 amide bonds. The molecular formula is C18H27BrFN. The van der Waals surface area contributed by atoms with Crippen LogP contribution >= 0.6 is 15.9 Å². The molecule has 0 atom stereocenters. The number of hydrogen-bond donors (Lipinski definition) is 1. The standard InChI is InChI=1S/C18H27BrFN/c1-5-18(3,4)13-6-8-14(9-7-13)21-17-11-15(19)16(20)10-12(17)2/h10-11,13-14,21H,5-9H2,1-4H3. The number of anilines is 1. The van der Waals surface area contributed by atoms with Crippen LogP contribution in [0, 0.1) is 24.1 Å². The van der Waals surface area contributed by atoms with Crippen LogP contribution in [0.2, 0.25) is 0 Å². The molecule has 0 heterocycles. The van der Waals surface area contributed by atoms with Crippen molar-refractivity contribution in [3.05, 3.63) is 28.0 Å². The summed E-state index contributed by atoms with van der Waals surface area (Å²) in [4.78, 5) is 0. The molecule has 21 heavy (non-hydrogen) atoms. The van der Waals surface area contributed by atoms with E-state index in [4.69, 9.17) is 0 Å². The van der Waals surface area contributed by atoms with Crippen LogP contribution < -0.4 is 5.32 Å². The van der Waals surface area contributed by atoms with Crippen molar-refractivity contribution in [3.63, 3.8) is 0 Å². The van der Waals surface area contributed by atoms with Gasteiger partial charge in [0.1, 0.15) is 5.82 Å². The predicted molar refractivity (Wildman–Crippen MR) is 92.3 cm³/mol. The second-order valence-electron chi connectivity index (χ2n) is 7.12. The monoisotopic (exact) mass is 355 g/mol. The number of rotatable bonds is 4. The molecule has 0 radical (unpaired) electrons. The zero-order chi connectivity index (χ0) is 15.6. The smallest absolute Gasteiger partial charge is 0.137 e. The highest BCUT2D eigenvalue weighted by Crippen LogP contribution is 2.41. The van der Waals surface area contributed by atoms with Gasteiger partial charge in [-0.05, 0) is 77.6 Å². The first-order chi connectivity index (χ1) is 9.83. The van der Waals surface area contributed by atoms with Gasteiger partial charge in [0, 0.05) is 11.7 Å². The molecule has 1 aliphatic carbocycles. The molecule has 0 saturated heterocycles. The lowest BCUT2D eigenvalue weighted by Gasteiger charge is -2.39. The van der Waals surface area contributed by atoms with Gasteiger partial charge in [-0.25, -0.2) is 4.39 Å². The maximum Gasteiger partial charge on any atom is 0.137 e. The Balaban J connectivity index is 1.97. The van der Waals surface area contributed by atoms with Gasteiger partial charge in [-0.15, -0.1) is 0 Å². The molecule has 0 spiro atoms. The highest BCUT2D eigenvalue weighted by molar-refractivity contribution is 9.10. The molecule has 0 aliphatic heterocycles. The quantitative estimate of drug-likeness (QED) is 0.667. The second kappa shape index (κ2) is 6.68. The zero-order valence-corrected chi connectivity index (χ0v) is 15.2. The first-order valence-corrected chi connectivity index (χ1v) is 8.85. The lowest BCUT2D eigenvalue weighted by molar-refractivity contribution is 0.147. The summed E-state index contributed by atoms with van der Waals surface area (Å²) in [7, 11) is 0. The van der Waals surface area contributed by atoms with Crippen molar-refractivity contribution in [1.29, 1.82) is 0 Å². The van der Waals surface area contributed by atoms with Crippen molar-refractivity contribution in [2.75, 3.05) is 5.32 Å². The van der Waals surface area contributed by atoms with Gasteiger partial charge in [0.25, 0.3) is 0 Å². The number of halogens is 2. The Hall–Kier alpha value is -0.570. The minimum Gasteiger partial charge on any atom is -0.382 e. The van der Waals surface area contributed by atoms with E-state index in [9.17, 15) is 4.39 Å². The molecule has 1 aromatic carbocycles. The van der Waals surface area contributed by atoms with E-state index >= 15 is 0 Å². The van der Waals surface area contributed by atoms with Crippen LogP contribution in [0.1, 0.15) is 58.4 Å². The highest BCUT2D eigenvalue weighted by Gasteiger charge is 2.31. The Bertz CT molecular complexity index is 490. The SMILES string of the molecule is CCC(C)(C)C1CCC(Nc2cc(Br)c(F)cc2C)CC1. The van der Waals surface area contributed by atoms with Crippen LogP contribution in [-0.4, -0.2) is 6.04 Å². The maximum atomic E-state index is 13.5. The first-order valence-electron chi connectivity index (χ1n) is 8.05. The summed E-state index contributed by atoms with van der Waals surface area (Å²) in [6.07, 6.45) is 6.25. The van der Waals surface area contributed by atoms with Crippen LogP contribution in [0.25, 0.3) is 0 Å². The summed E-state index contributed by atoms with van der Waals surface area (Å²) in [6, 6.07) is 3.98. The van der Waals surface area contributed by atoms with Crippen molar-refractivity contribution in [1.82, 2.24) is 0 Å². The Morgan fingerprint density at radius 2 is 1.86 bits per heavy atom. The van der Waals surface area contributed by atoms with Gasteiger partial charge in [0.15, 0.2) is 0 Å². The summed E-state index contributed by atoms with van der Waals surface area (Å²) in [6.45, 7) is 9.05. The van der Waals surface area contributed by atoms with Crippen molar-refractivity contribution < 1.29 is 4.39 Å². The molecule has 1 fully saturated rings. The van der Waals surface area contributed by atoms with E-state index in [1.807, 2.05) is 13.0 Å². The van der Waals surface area contributed by atoms with Gasteiger partial charge in [0.2, 0.25) is 0 Å². The van der Waals surface area contributed by atoms with Gasteiger partial charge in [-0.1, -0.05) is 27.2 Å². The second-order valence-corrected chi connectivity index (χ2v) is 7.97. The van der Waals surface area contributed by atoms with E-state index < -0.39 is 0 Å². The summed E-state index contributed by atoms with van der Waals surface area (Å²) in [5, 5.41) is 3.61. The Morgan fingerprint density at radius 1 is 1.24 bits per heavy atom. The van der Waals surface area contributed by atoms with Crippen LogP contribution in [0.5, 0.6) is 0 Å². The number of aryl methyl sites for hydroxylation is 1. The van der Waals surface area contributed by atoms with E-state index in [1.165, 1.54) is 32.1 Å². The molecule has 1 nitrogen and oxygen atoms in total. The largest absolute Gasteiger partial charge is 0.382 e. The Kier molecular flexibility index (Phi) is 5.34. The third-order valence-corrected chi connectivity index (χ3v) is 5.98. The molecular weight excluding hydrogens is 329 g/mol. The zero-order valence-electron chi connectivity index (χ0n) is 13.6. The van der Waals surface area contributed by atoms with Gasteiger partial charge < -0.3 is 5.32 Å². The number of benzene rings is 1. The minimum atomic E-state index is -0.188. The minimum absolute atomic E-state index is 0.188. The normalized spacial score (nSPS) is 23.1. The maximum absolute atomic E-state index is 13.5. The number of nitrogens with one attached hydrogen (secondary N) is 1. The summed E-state index contributed by atoms with van der Waals surface area (Å²) >= 11 is 3.28. The molecule has 0 unspecified atom stereocenters. The van der Waals surface area contributed by atoms with Gasteiger partial charge in [-0.2, -0.15) is 0 Å². The molecule has 0 aromatic heterocycles. The van der Waals surface area contributed by atoms with E-state index in [0.29, 0.717) is 15.9 Å². The third kappa shape index (κ3) is 4.00. The molecule has 1 aliphatic rings. The average molecular weight is 356 g/mol.